The van der Waals surface area contributed by atoms with Crippen LogP contribution < -0.4 is 10.0 Å². The van der Waals surface area contributed by atoms with Crippen molar-refractivity contribution in [1.29, 1.82) is 0 Å². The molecule has 1 aromatic carbocycles. The predicted molar refractivity (Wildman–Crippen MR) is 83.7 cm³/mol. The van der Waals surface area contributed by atoms with E-state index in [1.165, 1.54) is 19.1 Å². The van der Waals surface area contributed by atoms with Crippen LogP contribution in [-0.4, -0.2) is 19.3 Å². The normalized spacial score (nSPS) is 12.6. The minimum atomic E-state index is -3.66. The predicted octanol–water partition coefficient (Wildman–Crippen LogP) is 2.08. The summed E-state index contributed by atoms with van der Waals surface area (Å²) in [6.07, 6.45) is 1.61. The van der Waals surface area contributed by atoms with Crippen LogP contribution >= 0.6 is 0 Å². The summed E-state index contributed by atoms with van der Waals surface area (Å²) in [6.45, 7) is 3.12. The van der Waals surface area contributed by atoms with Crippen molar-refractivity contribution in [2.75, 3.05) is 5.32 Å². The highest BCUT2D eigenvalue weighted by Gasteiger charge is 2.18. The fraction of sp³-hybridized carbons (Fsp3) is 0.200. The molecule has 0 bridgehead atoms. The fourth-order valence-corrected chi connectivity index (χ4v) is 3.13. The van der Waals surface area contributed by atoms with E-state index in [9.17, 15) is 13.2 Å². The number of carbonyl (C=O) groups is 1. The maximum absolute atomic E-state index is 12.3. The Morgan fingerprint density at radius 2 is 1.82 bits per heavy atom. The molecule has 1 unspecified atom stereocenters. The first-order valence-corrected chi connectivity index (χ1v) is 8.18. The second-order valence-corrected chi connectivity index (χ2v) is 6.52. The van der Waals surface area contributed by atoms with E-state index in [4.69, 9.17) is 0 Å². The zero-order valence-corrected chi connectivity index (χ0v) is 13.1. The number of benzene rings is 1. The van der Waals surface area contributed by atoms with E-state index in [0.29, 0.717) is 11.4 Å². The number of nitrogens with one attached hydrogen (secondary N) is 2. The van der Waals surface area contributed by atoms with Crippen molar-refractivity contribution in [2.45, 2.75) is 24.8 Å². The van der Waals surface area contributed by atoms with Gasteiger partial charge in [-0.1, -0.05) is 6.07 Å². The summed E-state index contributed by atoms with van der Waals surface area (Å²) < 4.78 is 27.2. The zero-order valence-electron chi connectivity index (χ0n) is 12.3. The van der Waals surface area contributed by atoms with Gasteiger partial charge in [0.05, 0.1) is 16.6 Å². The van der Waals surface area contributed by atoms with E-state index in [2.05, 4.69) is 15.0 Å². The Hall–Kier alpha value is -2.25. The number of hydrogen-bond acceptors (Lipinski definition) is 4. The first kappa shape index (κ1) is 16.1. The summed E-state index contributed by atoms with van der Waals surface area (Å²) in [5.74, 6) is -0.211. The van der Waals surface area contributed by atoms with Gasteiger partial charge in [0.1, 0.15) is 0 Å². The Kier molecular flexibility index (Phi) is 4.89. The molecule has 116 valence electrons. The van der Waals surface area contributed by atoms with Gasteiger partial charge in [0.15, 0.2) is 0 Å². The topological polar surface area (TPSA) is 88.2 Å². The first-order chi connectivity index (χ1) is 10.4. The van der Waals surface area contributed by atoms with Crippen LogP contribution in [0.4, 0.5) is 5.69 Å². The number of pyridine rings is 1. The fourth-order valence-electron chi connectivity index (χ4n) is 1.91. The van der Waals surface area contributed by atoms with Crippen LogP contribution in [0, 0.1) is 0 Å². The van der Waals surface area contributed by atoms with Gasteiger partial charge in [-0.25, -0.2) is 13.1 Å². The number of amides is 1. The van der Waals surface area contributed by atoms with Gasteiger partial charge in [-0.3, -0.25) is 9.78 Å². The lowest BCUT2D eigenvalue weighted by molar-refractivity contribution is -0.114. The summed E-state index contributed by atoms with van der Waals surface area (Å²) in [6, 6.07) is 10.9. The van der Waals surface area contributed by atoms with E-state index in [0.717, 1.165) is 0 Å². The van der Waals surface area contributed by atoms with Gasteiger partial charge in [0, 0.05) is 18.8 Å². The number of hydrogen-bond donors (Lipinski definition) is 2. The Morgan fingerprint density at radius 1 is 1.14 bits per heavy atom. The molecule has 0 aliphatic rings. The van der Waals surface area contributed by atoms with E-state index < -0.39 is 16.1 Å². The van der Waals surface area contributed by atoms with E-state index >= 15 is 0 Å². The van der Waals surface area contributed by atoms with E-state index in [-0.39, 0.29) is 10.8 Å². The molecule has 6 nitrogen and oxygen atoms in total. The summed E-state index contributed by atoms with van der Waals surface area (Å²) in [7, 11) is -3.66. The molecule has 1 amide bonds. The smallest absolute Gasteiger partial charge is 0.241 e. The molecule has 1 atom stereocenters. The summed E-state index contributed by atoms with van der Waals surface area (Å²) in [4.78, 5) is 15.2. The molecule has 22 heavy (non-hydrogen) atoms. The number of aromatic nitrogens is 1. The van der Waals surface area contributed by atoms with Gasteiger partial charge in [-0.05, 0) is 43.3 Å². The first-order valence-electron chi connectivity index (χ1n) is 6.69. The van der Waals surface area contributed by atoms with E-state index in [1.807, 2.05) is 0 Å². The number of rotatable bonds is 5. The lowest BCUT2D eigenvalue weighted by Crippen LogP contribution is -2.27. The van der Waals surface area contributed by atoms with Crippen LogP contribution in [0.1, 0.15) is 25.6 Å². The minimum absolute atomic E-state index is 0.129. The number of anilines is 1. The Balaban J connectivity index is 2.15. The molecule has 0 aliphatic heterocycles. The summed E-state index contributed by atoms with van der Waals surface area (Å²) in [5.41, 5.74) is 1.19. The van der Waals surface area contributed by atoms with Crippen molar-refractivity contribution in [3.63, 3.8) is 0 Å². The Morgan fingerprint density at radius 3 is 2.36 bits per heavy atom. The van der Waals surface area contributed by atoms with Crippen molar-refractivity contribution in [3.8, 4) is 0 Å². The van der Waals surface area contributed by atoms with Crippen LogP contribution in [-0.2, 0) is 14.8 Å². The third kappa shape index (κ3) is 4.12. The van der Waals surface area contributed by atoms with Crippen LogP contribution in [0.3, 0.4) is 0 Å². The molecule has 2 rings (SSSR count). The monoisotopic (exact) mass is 319 g/mol. The SMILES string of the molecule is CC(=O)Nc1ccc(S(=O)(=O)NC(C)c2ccccn2)cc1. The standard InChI is InChI=1S/C15H17N3O3S/c1-11(15-5-3-4-10-16-15)18-22(20,21)14-8-6-13(7-9-14)17-12(2)19/h3-11,18H,1-2H3,(H,17,19). The van der Waals surface area contributed by atoms with E-state index in [1.54, 1.807) is 43.5 Å². The summed E-state index contributed by atoms with van der Waals surface area (Å²) in [5, 5.41) is 2.59. The molecule has 2 aromatic rings. The molecule has 0 saturated heterocycles. The number of nitrogens with zero attached hydrogens (tertiary/aromatic N) is 1. The molecular formula is C15H17N3O3S. The lowest BCUT2D eigenvalue weighted by atomic mass is 10.2. The zero-order chi connectivity index (χ0) is 16.2. The number of sulfonamides is 1. The second kappa shape index (κ2) is 6.67. The quantitative estimate of drug-likeness (QED) is 0.883. The van der Waals surface area contributed by atoms with Gasteiger partial charge in [-0.15, -0.1) is 0 Å². The van der Waals surface area contributed by atoms with Crippen LogP contribution in [0.2, 0.25) is 0 Å². The van der Waals surface area contributed by atoms with Crippen LogP contribution in [0.15, 0.2) is 53.6 Å². The maximum Gasteiger partial charge on any atom is 0.241 e. The molecule has 0 spiro atoms. The highest BCUT2D eigenvalue weighted by molar-refractivity contribution is 7.89. The average Bonchev–Trinajstić information content (AvgIpc) is 2.47. The molecule has 0 radical (unpaired) electrons. The molecule has 7 heteroatoms. The third-order valence-electron chi connectivity index (χ3n) is 2.95. The van der Waals surface area contributed by atoms with Crippen LogP contribution in [0.5, 0.6) is 0 Å². The molecule has 2 N–H and O–H groups in total. The minimum Gasteiger partial charge on any atom is -0.326 e. The van der Waals surface area contributed by atoms with Crippen molar-refractivity contribution in [3.05, 3.63) is 54.4 Å². The second-order valence-electron chi connectivity index (χ2n) is 4.80. The average molecular weight is 319 g/mol. The Bertz CT molecular complexity index is 743. The molecular weight excluding hydrogens is 302 g/mol. The van der Waals surface area contributed by atoms with Gasteiger partial charge in [0.2, 0.25) is 15.9 Å². The molecule has 0 aliphatic carbocycles. The third-order valence-corrected chi connectivity index (χ3v) is 4.50. The molecule has 0 fully saturated rings. The highest BCUT2D eigenvalue weighted by atomic mass is 32.2. The Labute approximate surface area is 129 Å². The van der Waals surface area contributed by atoms with Crippen LogP contribution in [0.25, 0.3) is 0 Å². The lowest BCUT2D eigenvalue weighted by Gasteiger charge is -2.14. The van der Waals surface area contributed by atoms with Crippen molar-refractivity contribution in [1.82, 2.24) is 9.71 Å². The van der Waals surface area contributed by atoms with Crippen molar-refractivity contribution < 1.29 is 13.2 Å². The van der Waals surface area contributed by atoms with Crippen molar-refractivity contribution in [2.24, 2.45) is 0 Å². The largest absolute Gasteiger partial charge is 0.326 e. The van der Waals surface area contributed by atoms with Gasteiger partial charge >= 0.3 is 0 Å². The van der Waals surface area contributed by atoms with Gasteiger partial charge in [-0.2, -0.15) is 0 Å². The summed E-state index contributed by atoms with van der Waals surface area (Å²) >= 11 is 0. The maximum atomic E-state index is 12.3. The number of carbonyl (C=O) groups excluding carboxylic acids is 1. The molecule has 1 heterocycles. The molecule has 0 saturated carbocycles. The van der Waals surface area contributed by atoms with Gasteiger partial charge < -0.3 is 5.32 Å². The van der Waals surface area contributed by atoms with Crippen molar-refractivity contribution >= 4 is 21.6 Å². The highest BCUT2D eigenvalue weighted by Crippen LogP contribution is 2.17. The molecule has 1 aromatic heterocycles. The van der Waals surface area contributed by atoms with Gasteiger partial charge in [0.25, 0.3) is 0 Å².